The molecule has 0 radical (unpaired) electrons. The van der Waals surface area contributed by atoms with Gasteiger partial charge in [-0.05, 0) is 0 Å². The molecule has 0 spiro atoms. The Balaban J connectivity index is 2.85. The van der Waals surface area contributed by atoms with Crippen LogP contribution >= 0.6 is 0 Å². The molecule has 1 aromatic carbocycles. The number of allylic oxidation sites excluding steroid dienone is 2. The van der Waals surface area contributed by atoms with Crippen LogP contribution in [0.4, 0.5) is 0 Å². The topological polar surface area (TPSA) is 68.3 Å². The summed E-state index contributed by atoms with van der Waals surface area (Å²) < 4.78 is 23.1. The van der Waals surface area contributed by atoms with E-state index in [1.165, 1.54) is 24.3 Å². The van der Waals surface area contributed by atoms with Crippen molar-refractivity contribution < 1.29 is 42.6 Å². The van der Waals surface area contributed by atoms with Crippen LogP contribution < -0.4 is 0 Å². The normalized spacial score (nSPS) is 15.1. The summed E-state index contributed by atoms with van der Waals surface area (Å²) in [6.07, 6.45) is -1.03. The summed E-state index contributed by atoms with van der Waals surface area (Å²) >= 11 is -0.528. The third-order valence-corrected chi connectivity index (χ3v) is 6.90. The Labute approximate surface area is 106 Å². The minimum absolute atomic E-state index is 0.00367. The summed E-state index contributed by atoms with van der Waals surface area (Å²) in [5.74, 6) is -0.743. The van der Waals surface area contributed by atoms with Crippen LogP contribution in [0.15, 0.2) is 35.2 Å². The maximum absolute atomic E-state index is 11.6. The van der Waals surface area contributed by atoms with Crippen LogP contribution in [0.3, 0.4) is 0 Å². The van der Waals surface area contributed by atoms with Crippen molar-refractivity contribution in [3.8, 4) is 0 Å². The molecule has 0 fully saturated rings. The fraction of sp³-hybridized carbons (Fsp3) is 0. The van der Waals surface area contributed by atoms with Crippen LogP contribution in [0.2, 0.25) is 0 Å². The molecule has 0 N–H and O–H groups in total. The molecule has 0 saturated carbocycles. The second-order valence-electron chi connectivity index (χ2n) is 3.36. The number of benzene rings is 1. The molecule has 0 saturated heterocycles. The molecular formula is C10H5HgO4S. The molecule has 6 heteroatoms. The fourth-order valence-corrected chi connectivity index (χ4v) is 5.19. The molecule has 1 aliphatic carbocycles. The van der Waals surface area contributed by atoms with Gasteiger partial charge in [0.1, 0.15) is 0 Å². The second kappa shape index (κ2) is 3.89. The van der Waals surface area contributed by atoms with E-state index in [0.29, 0.717) is 0 Å². The minimum atomic E-state index is -3.31. The van der Waals surface area contributed by atoms with Crippen LogP contribution in [0, 0.1) is 0 Å². The molecule has 0 aromatic heterocycles. The first-order valence-electron chi connectivity index (χ1n) is 4.39. The van der Waals surface area contributed by atoms with Crippen LogP contribution in [0.5, 0.6) is 0 Å². The molecule has 0 unspecified atom stereocenters. The zero-order valence-corrected chi connectivity index (χ0v) is 14.4. The van der Waals surface area contributed by atoms with Gasteiger partial charge in [0.15, 0.2) is 0 Å². The van der Waals surface area contributed by atoms with Crippen LogP contribution in [-0.2, 0) is 30.9 Å². The first kappa shape index (κ1) is 11.7. The zero-order valence-electron chi connectivity index (χ0n) is 8.14. The summed E-state index contributed by atoms with van der Waals surface area (Å²) in [4.78, 5) is 23.1. The van der Waals surface area contributed by atoms with Crippen molar-refractivity contribution in [2.24, 2.45) is 0 Å². The summed E-state index contributed by atoms with van der Waals surface area (Å²) in [5.41, 5.74) is 0.212. The van der Waals surface area contributed by atoms with Crippen molar-refractivity contribution in [2.45, 2.75) is 4.90 Å². The molecule has 4 nitrogen and oxygen atoms in total. The Hall–Kier alpha value is -0.815. The van der Waals surface area contributed by atoms with E-state index in [2.05, 4.69) is 0 Å². The molecule has 77 valence electrons. The molecule has 0 atom stereocenters. The Morgan fingerprint density at radius 1 is 1.00 bits per heavy atom. The van der Waals surface area contributed by atoms with Gasteiger partial charge in [-0.3, -0.25) is 0 Å². The quantitative estimate of drug-likeness (QED) is 0.631. The van der Waals surface area contributed by atoms with Gasteiger partial charge in [0.2, 0.25) is 0 Å². The standard InChI is InChI=1S/C10H5O4S.Hg/c11-7-4-5-8(12)10-6(7)2-1-3-9(10)15(13)14;/h1-5H;. The first-order chi connectivity index (χ1) is 7.41. The molecule has 0 bridgehead atoms. The summed E-state index contributed by atoms with van der Waals surface area (Å²) in [6.45, 7) is 0. The maximum atomic E-state index is 11.6. The SMILES string of the molecule is O=C1C=CC(=O)c2c1cccc2[S](=O)(=O)[Hg]. The van der Waals surface area contributed by atoms with Gasteiger partial charge >= 0.3 is 107 Å². The molecule has 2 rings (SSSR count). The van der Waals surface area contributed by atoms with Crippen molar-refractivity contribution in [3.05, 3.63) is 41.5 Å². The Morgan fingerprint density at radius 2 is 1.62 bits per heavy atom. The van der Waals surface area contributed by atoms with E-state index < -0.39 is 36.7 Å². The third-order valence-electron chi connectivity index (χ3n) is 2.26. The number of carbonyl (C=O) groups excluding carboxylic acids is 2. The average molecular weight is 422 g/mol. The van der Waals surface area contributed by atoms with E-state index in [0.717, 1.165) is 6.08 Å². The number of hydrogen-bond acceptors (Lipinski definition) is 4. The Kier molecular flexibility index (Phi) is 2.83. The first-order valence-corrected chi connectivity index (χ1v) is 12.8. The van der Waals surface area contributed by atoms with Crippen LogP contribution in [0.25, 0.3) is 0 Å². The van der Waals surface area contributed by atoms with E-state index in [1.54, 1.807) is 0 Å². The summed E-state index contributed by atoms with van der Waals surface area (Å²) in [6, 6.07) is 4.34. The second-order valence-corrected chi connectivity index (χ2v) is 13.9. The molecular weight excluding hydrogens is 417 g/mol. The molecule has 1 aliphatic rings. The van der Waals surface area contributed by atoms with Crippen LogP contribution in [-0.4, -0.2) is 20.0 Å². The van der Waals surface area contributed by atoms with Crippen LogP contribution in [0.1, 0.15) is 20.7 Å². The van der Waals surface area contributed by atoms with E-state index in [1.807, 2.05) is 0 Å². The van der Waals surface area contributed by atoms with E-state index in [9.17, 15) is 18.0 Å². The van der Waals surface area contributed by atoms with E-state index in [-0.39, 0.29) is 21.8 Å². The summed E-state index contributed by atoms with van der Waals surface area (Å²) in [7, 11) is 0. The Morgan fingerprint density at radius 3 is 2.25 bits per heavy atom. The Bertz CT molecular complexity index is 628. The number of fused-ring (bicyclic) bond motifs is 1. The van der Waals surface area contributed by atoms with Gasteiger partial charge in [0, 0.05) is 0 Å². The number of rotatable bonds is 1. The fourth-order valence-electron chi connectivity index (χ4n) is 1.57. The predicted molar refractivity (Wildman–Crippen MR) is 51.4 cm³/mol. The number of hydrogen-bond donors (Lipinski definition) is 0. The van der Waals surface area contributed by atoms with E-state index in [4.69, 9.17) is 0 Å². The summed E-state index contributed by atoms with van der Waals surface area (Å²) in [5, 5.41) is 0. The third kappa shape index (κ3) is 1.89. The zero-order chi connectivity index (χ0) is 11.9. The van der Waals surface area contributed by atoms with E-state index >= 15 is 0 Å². The van der Waals surface area contributed by atoms with Crippen molar-refractivity contribution in [2.75, 3.05) is 0 Å². The van der Waals surface area contributed by atoms with Gasteiger partial charge in [-0.15, -0.1) is 0 Å². The molecule has 0 amide bonds. The number of carbonyl (C=O) groups is 2. The molecule has 16 heavy (non-hydrogen) atoms. The number of ketones is 2. The van der Waals surface area contributed by atoms with Crippen molar-refractivity contribution in [1.29, 1.82) is 0 Å². The van der Waals surface area contributed by atoms with Gasteiger partial charge in [-0.1, -0.05) is 0 Å². The molecule has 0 heterocycles. The predicted octanol–water partition coefficient (Wildman–Crippen LogP) is 0.857. The molecule has 1 aromatic rings. The van der Waals surface area contributed by atoms with Gasteiger partial charge in [-0.25, -0.2) is 0 Å². The monoisotopic (exact) mass is 423 g/mol. The van der Waals surface area contributed by atoms with Gasteiger partial charge in [-0.2, -0.15) is 0 Å². The van der Waals surface area contributed by atoms with Crippen molar-refractivity contribution >= 4 is 17.9 Å². The van der Waals surface area contributed by atoms with Crippen molar-refractivity contribution in [3.63, 3.8) is 0 Å². The van der Waals surface area contributed by atoms with Gasteiger partial charge in [0.25, 0.3) is 0 Å². The molecule has 0 aliphatic heterocycles. The van der Waals surface area contributed by atoms with Gasteiger partial charge in [0.05, 0.1) is 0 Å². The average Bonchev–Trinajstić information content (AvgIpc) is 2.22. The van der Waals surface area contributed by atoms with Gasteiger partial charge < -0.3 is 0 Å². The van der Waals surface area contributed by atoms with Crippen molar-refractivity contribution in [1.82, 2.24) is 0 Å².